The van der Waals surface area contributed by atoms with Crippen LogP contribution in [0.2, 0.25) is 0 Å². The van der Waals surface area contributed by atoms with E-state index in [1.807, 2.05) is 58.9 Å². The van der Waals surface area contributed by atoms with Crippen molar-refractivity contribution < 1.29 is 4.79 Å². The zero-order valence-electron chi connectivity index (χ0n) is 14.5. The van der Waals surface area contributed by atoms with Crippen molar-refractivity contribution in [3.8, 4) is 10.6 Å². The van der Waals surface area contributed by atoms with Crippen molar-refractivity contribution >= 4 is 46.0 Å². The maximum absolute atomic E-state index is 12.5. The molecule has 0 aliphatic rings. The number of anilines is 1. The molecule has 0 radical (unpaired) electrons. The average molecular weight is 413 g/mol. The van der Waals surface area contributed by atoms with E-state index < -0.39 is 0 Å². The molecule has 27 heavy (non-hydrogen) atoms. The molecule has 1 amide bonds. The molecule has 4 aromatic rings. The summed E-state index contributed by atoms with van der Waals surface area (Å²) in [6, 6.07) is 9.79. The maximum Gasteiger partial charge on any atom is 0.230 e. The lowest BCUT2D eigenvalue weighted by Gasteiger charge is -2.10. The second-order valence-corrected chi connectivity index (χ2v) is 8.45. The van der Waals surface area contributed by atoms with E-state index in [0.29, 0.717) is 0 Å². The summed E-state index contributed by atoms with van der Waals surface area (Å²) in [4.78, 5) is 22.4. The van der Waals surface area contributed by atoms with E-state index in [-0.39, 0.29) is 12.3 Å². The number of rotatable bonds is 6. The van der Waals surface area contributed by atoms with E-state index >= 15 is 0 Å². The van der Waals surface area contributed by atoms with Gasteiger partial charge in [-0.25, -0.2) is 9.97 Å². The van der Waals surface area contributed by atoms with Crippen LogP contribution in [0.1, 0.15) is 5.69 Å². The Balaban J connectivity index is 1.45. The molecule has 4 rings (SSSR count). The number of amides is 1. The van der Waals surface area contributed by atoms with Crippen molar-refractivity contribution in [2.45, 2.75) is 16.5 Å². The van der Waals surface area contributed by atoms with Crippen LogP contribution < -0.4 is 5.32 Å². The van der Waals surface area contributed by atoms with Crippen LogP contribution in [0.3, 0.4) is 0 Å². The molecule has 0 atom stereocenters. The van der Waals surface area contributed by atoms with Gasteiger partial charge >= 0.3 is 0 Å². The summed E-state index contributed by atoms with van der Waals surface area (Å²) in [5, 5.41) is 10.9. The Kier molecular flexibility index (Phi) is 5.38. The van der Waals surface area contributed by atoms with Crippen molar-refractivity contribution in [2.24, 2.45) is 7.05 Å². The van der Waals surface area contributed by atoms with E-state index in [4.69, 9.17) is 0 Å². The summed E-state index contributed by atoms with van der Waals surface area (Å²) in [5.74, 6) is -0.0786. The van der Waals surface area contributed by atoms with Gasteiger partial charge in [0.05, 0.1) is 17.8 Å². The summed E-state index contributed by atoms with van der Waals surface area (Å²) >= 11 is 4.73. The Morgan fingerprint density at radius 3 is 2.93 bits per heavy atom. The lowest BCUT2D eigenvalue weighted by atomic mass is 10.3. The summed E-state index contributed by atoms with van der Waals surface area (Å²) in [6.45, 7) is 0. The lowest BCUT2D eigenvalue weighted by Crippen LogP contribution is -2.15. The number of carbonyl (C=O) groups excluding carboxylic acids is 1. The molecule has 8 heteroatoms. The van der Waals surface area contributed by atoms with Crippen LogP contribution in [0.5, 0.6) is 0 Å². The molecule has 3 heterocycles. The molecule has 0 fully saturated rings. The van der Waals surface area contributed by atoms with E-state index in [1.54, 1.807) is 28.9 Å². The van der Waals surface area contributed by atoms with Crippen molar-refractivity contribution in [3.63, 3.8) is 0 Å². The number of nitrogens with zero attached hydrogens (tertiary/aromatic N) is 3. The predicted molar refractivity (Wildman–Crippen MR) is 112 cm³/mol. The molecule has 0 spiro atoms. The minimum atomic E-state index is -0.0786. The summed E-state index contributed by atoms with van der Waals surface area (Å²) < 4.78 is 1.95. The summed E-state index contributed by atoms with van der Waals surface area (Å²) in [6.07, 6.45) is 3.91. The zero-order valence-corrected chi connectivity index (χ0v) is 16.9. The van der Waals surface area contributed by atoms with Gasteiger partial charge in [-0.3, -0.25) is 4.79 Å². The average Bonchev–Trinajstić information content (AvgIpc) is 3.39. The minimum absolute atomic E-state index is 0.0786. The number of benzene rings is 1. The Morgan fingerprint density at radius 2 is 2.15 bits per heavy atom. The third-order valence-corrected chi connectivity index (χ3v) is 6.58. The fourth-order valence-electron chi connectivity index (χ4n) is 2.47. The van der Waals surface area contributed by atoms with Gasteiger partial charge in [-0.2, -0.15) is 11.3 Å². The van der Waals surface area contributed by atoms with Gasteiger partial charge in [0.2, 0.25) is 5.91 Å². The van der Waals surface area contributed by atoms with Gasteiger partial charge in [-0.05, 0) is 35.3 Å². The van der Waals surface area contributed by atoms with E-state index in [1.165, 1.54) is 11.8 Å². The number of aromatic nitrogens is 3. The van der Waals surface area contributed by atoms with Crippen LogP contribution in [-0.4, -0.2) is 20.4 Å². The number of carbonyl (C=O) groups is 1. The highest BCUT2D eigenvalue weighted by Gasteiger charge is 2.13. The highest BCUT2D eigenvalue weighted by atomic mass is 32.2. The molecular weight excluding hydrogens is 396 g/mol. The largest absolute Gasteiger partial charge is 0.329 e. The fraction of sp³-hybridized carbons (Fsp3) is 0.105. The topological polar surface area (TPSA) is 59.8 Å². The monoisotopic (exact) mass is 412 g/mol. The molecule has 1 aromatic carbocycles. The number of hydrogen-bond acceptors (Lipinski definition) is 6. The highest BCUT2D eigenvalue weighted by Crippen LogP contribution is 2.32. The van der Waals surface area contributed by atoms with Crippen LogP contribution in [0, 0.1) is 0 Å². The number of imidazole rings is 1. The quantitative estimate of drug-likeness (QED) is 0.487. The number of nitrogens with one attached hydrogen (secondary N) is 1. The Labute approximate surface area is 169 Å². The van der Waals surface area contributed by atoms with Crippen molar-refractivity contribution in [1.29, 1.82) is 0 Å². The zero-order chi connectivity index (χ0) is 18.6. The van der Waals surface area contributed by atoms with Crippen LogP contribution >= 0.6 is 34.4 Å². The van der Waals surface area contributed by atoms with Gasteiger partial charge in [0.1, 0.15) is 5.01 Å². The number of para-hydroxylation sites is 1. The Bertz CT molecular complexity index is 1050. The minimum Gasteiger partial charge on any atom is -0.329 e. The van der Waals surface area contributed by atoms with Crippen LogP contribution in [-0.2, 0) is 18.3 Å². The smallest absolute Gasteiger partial charge is 0.230 e. The van der Waals surface area contributed by atoms with E-state index in [9.17, 15) is 4.79 Å². The number of hydrogen-bond donors (Lipinski definition) is 1. The molecule has 0 aliphatic carbocycles. The third kappa shape index (κ3) is 4.29. The standard InChI is InChI=1S/C19H16N4OS3/c1-23-8-7-20-19(23)27-16-5-3-2-4-15(16)22-17(24)10-14-12-26-18(21-14)13-6-9-25-11-13/h2-9,11-12H,10H2,1H3,(H,22,24). The second kappa shape index (κ2) is 8.08. The van der Waals surface area contributed by atoms with E-state index in [0.717, 1.165) is 32.0 Å². The number of aryl methyl sites for hydroxylation is 1. The first kappa shape index (κ1) is 18.0. The highest BCUT2D eigenvalue weighted by molar-refractivity contribution is 7.99. The first-order chi connectivity index (χ1) is 13.2. The van der Waals surface area contributed by atoms with Crippen LogP contribution in [0.15, 0.2) is 68.9 Å². The van der Waals surface area contributed by atoms with Gasteiger partial charge in [0.15, 0.2) is 5.16 Å². The second-order valence-electron chi connectivity index (χ2n) is 5.80. The summed E-state index contributed by atoms with van der Waals surface area (Å²) in [7, 11) is 1.95. The first-order valence-electron chi connectivity index (χ1n) is 8.20. The molecule has 0 saturated carbocycles. The van der Waals surface area contributed by atoms with Gasteiger partial charge in [0, 0.05) is 40.7 Å². The Hall–Kier alpha value is -2.42. The maximum atomic E-state index is 12.5. The van der Waals surface area contributed by atoms with E-state index in [2.05, 4.69) is 20.7 Å². The Morgan fingerprint density at radius 1 is 1.26 bits per heavy atom. The summed E-state index contributed by atoms with van der Waals surface area (Å²) in [5.41, 5.74) is 2.67. The normalized spacial score (nSPS) is 10.9. The van der Waals surface area contributed by atoms with Crippen LogP contribution in [0.4, 0.5) is 5.69 Å². The van der Waals surface area contributed by atoms with Crippen molar-refractivity contribution in [2.75, 3.05) is 5.32 Å². The third-order valence-electron chi connectivity index (χ3n) is 3.80. The SMILES string of the molecule is Cn1ccnc1Sc1ccccc1NC(=O)Cc1csc(-c2ccsc2)n1. The predicted octanol–water partition coefficient (Wildman–Crippen LogP) is 4.94. The molecule has 0 saturated heterocycles. The van der Waals surface area contributed by atoms with Gasteiger partial charge < -0.3 is 9.88 Å². The molecule has 0 aliphatic heterocycles. The van der Waals surface area contributed by atoms with Gasteiger partial charge in [0.25, 0.3) is 0 Å². The van der Waals surface area contributed by atoms with Crippen molar-refractivity contribution in [3.05, 3.63) is 64.6 Å². The molecule has 0 bridgehead atoms. The van der Waals surface area contributed by atoms with Gasteiger partial charge in [-0.15, -0.1) is 11.3 Å². The van der Waals surface area contributed by atoms with Crippen molar-refractivity contribution in [1.82, 2.24) is 14.5 Å². The molecular formula is C19H16N4OS3. The molecule has 5 nitrogen and oxygen atoms in total. The van der Waals surface area contributed by atoms with Crippen LogP contribution in [0.25, 0.3) is 10.6 Å². The molecule has 0 unspecified atom stereocenters. The van der Waals surface area contributed by atoms with Gasteiger partial charge in [-0.1, -0.05) is 12.1 Å². The number of thiophene rings is 1. The molecule has 136 valence electrons. The number of thiazole rings is 1. The molecule has 1 N–H and O–H groups in total. The lowest BCUT2D eigenvalue weighted by molar-refractivity contribution is -0.115. The fourth-order valence-corrected chi connectivity index (χ4v) is 4.90. The first-order valence-corrected chi connectivity index (χ1v) is 10.8. The molecule has 3 aromatic heterocycles.